The molecule has 1 fully saturated rings. The van der Waals surface area contributed by atoms with Gasteiger partial charge in [0.05, 0.1) is 5.92 Å². The van der Waals surface area contributed by atoms with Crippen LogP contribution in [0.5, 0.6) is 0 Å². The Balaban J connectivity index is 2.54. The summed E-state index contributed by atoms with van der Waals surface area (Å²) < 4.78 is 0. The van der Waals surface area contributed by atoms with Gasteiger partial charge in [-0.15, -0.1) is 0 Å². The van der Waals surface area contributed by atoms with Crippen LogP contribution in [-0.2, 0) is 4.79 Å². The molecule has 1 rings (SSSR count). The lowest BCUT2D eigenvalue weighted by atomic mass is 10.1. The second-order valence-electron chi connectivity index (χ2n) is 4.07. The molecule has 1 heterocycles. The SMILES string of the molecule is CCC(C)N(CC)C(=O)C1CCNC1. The van der Waals surface area contributed by atoms with Crippen molar-refractivity contribution >= 4 is 5.91 Å². The van der Waals surface area contributed by atoms with Crippen LogP contribution in [0, 0.1) is 5.92 Å². The summed E-state index contributed by atoms with van der Waals surface area (Å²) in [5, 5.41) is 3.24. The maximum atomic E-state index is 12.1. The van der Waals surface area contributed by atoms with Gasteiger partial charge in [-0.1, -0.05) is 6.92 Å². The lowest BCUT2D eigenvalue weighted by molar-refractivity contribution is -0.136. The van der Waals surface area contributed by atoms with Gasteiger partial charge in [-0.05, 0) is 33.2 Å². The maximum absolute atomic E-state index is 12.1. The summed E-state index contributed by atoms with van der Waals surface area (Å²) in [6, 6.07) is 0.382. The van der Waals surface area contributed by atoms with Crippen molar-refractivity contribution in [3.05, 3.63) is 0 Å². The van der Waals surface area contributed by atoms with E-state index in [-0.39, 0.29) is 5.92 Å². The fourth-order valence-electron chi connectivity index (χ4n) is 2.01. The van der Waals surface area contributed by atoms with E-state index in [1.54, 1.807) is 0 Å². The van der Waals surface area contributed by atoms with Gasteiger partial charge in [-0.2, -0.15) is 0 Å². The maximum Gasteiger partial charge on any atom is 0.227 e. The molecule has 0 aromatic rings. The number of rotatable bonds is 4. The highest BCUT2D eigenvalue weighted by molar-refractivity contribution is 5.79. The monoisotopic (exact) mass is 198 g/mol. The summed E-state index contributed by atoms with van der Waals surface area (Å²) in [7, 11) is 0. The summed E-state index contributed by atoms with van der Waals surface area (Å²) in [5.41, 5.74) is 0. The summed E-state index contributed by atoms with van der Waals surface area (Å²) >= 11 is 0. The highest BCUT2D eigenvalue weighted by atomic mass is 16.2. The van der Waals surface area contributed by atoms with Crippen molar-refractivity contribution in [2.75, 3.05) is 19.6 Å². The summed E-state index contributed by atoms with van der Waals surface area (Å²) in [6.45, 7) is 9.02. The number of nitrogens with zero attached hydrogens (tertiary/aromatic N) is 1. The Hall–Kier alpha value is -0.570. The Bertz CT molecular complexity index is 188. The molecule has 1 saturated heterocycles. The topological polar surface area (TPSA) is 32.3 Å². The predicted molar refractivity (Wildman–Crippen MR) is 58.1 cm³/mol. The van der Waals surface area contributed by atoms with Gasteiger partial charge in [0, 0.05) is 19.1 Å². The van der Waals surface area contributed by atoms with Crippen molar-refractivity contribution in [2.24, 2.45) is 5.92 Å². The molecule has 82 valence electrons. The van der Waals surface area contributed by atoms with Gasteiger partial charge in [0.1, 0.15) is 0 Å². The van der Waals surface area contributed by atoms with Crippen LogP contribution in [-0.4, -0.2) is 36.5 Å². The highest BCUT2D eigenvalue weighted by Gasteiger charge is 2.28. The molecule has 3 nitrogen and oxygen atoms in total. The molecule has 1 aliphatic rings. The zero-order chi connectivity index (χ0) is 10.6. The second-order valence-corrected chi connectivity index (χ2v) is 4.07. The average Bonchev–Trinajstić information content (AvgIpc) is 2.71. The van der Waals surface area contributed by atoms with Gasteiger partial charge in [0.2, 0.25) is 5.91 Å². The lowest BCUT2D eigenvalue weighted by Crippen LogP contribution is -2.42. The zero-order valence-electron chi connectivity index (χ0n) is 9.55. The van der Waals surface area contributed by atoms with Crippen LogP contribution in [0.15, 0.2) is 0 Å². The molecule has 2 atom stereocenters. The fourth-order valence-corrected chi connectivity index (χ4v) is 2.01. The third-order valence-corrected chi connectivity index (χ3v) is 3.16. The number of carbonyl (C=O) groups excluding carboxylic acids is 1. The summed E-state index contributed by atoms with van der Waals surface area (Å²) in [6.07, 6.45) is 2.05. The molecule has 3 heteroatoms. The van der Waals surface area contributed by atoms with E-state index >= 15 is 0 Å². The van der Waals surface area contributed by atoms with E-state index in [0.29, 0.717) is 11.9 Å². The summed E-state index contributed by atoms with van der Waals surface area (Å²) in [4.78, 5) is 14.1. The highest BCUT2D eigenvalue weighted by Crippen LogP contribution is 2.14. The Morgan fingerprint density at radius 3 is 2.71 bits per heavy atom. The molecule has 0 aromatic carbocycles. The number of hydrogen-bond donors (Lipinski definition) is 1. The normalized spacial score (nSPS) is 23.5. The second kappa shape index (κ2) is 5.35. The van der Waals surface area contributed by atoms with E-state index in [9.17, 15) is 4.79 Å². The third kappa shape index (κ3) is 2.47. The van der Waals surface area contributed by atoms with Crippen molar-refractivity contribution in [3.63, 3.8) is 0 Å². The number of carbonyl (C=O) groups is 1. The molecule has 0 radical (unpaired) electrons. The molecule has 1 amide bonds. The van der Waals surface area contributed by atoms with Gasteiger partial charge in [0.15, 0.2) is 0 Å². The summed E-state index contributed by atoms with van der Waals surface area (Å²) in [5.74, 6) is 0.566. The van der Waals surface area contributed by atoms with Crippen LogP contribution < -0.4 is 5.32 Å². The van der Waals surface area contributed by atoms with E-state index in [4.69, 9.17) is 0 Å². The van der Waals surface area contributed by atoms with E-state index in [1.807, 2.05) is 4.90 Å². The molecular formula is C11H22N2O. The molecule has 0 bridgehead atoms. The Labute approximate surface area is 86.9 Å². The molecule has 1 N–H and O–H groups in total. The first-order valence-corrected chi connectivity index (χ1v) is 5.71. The van der Waals surface area contributed by atoms with Crippen LogP contribution in [0.25, 0.3) is 0 Å². The van der Waals surface area contributed by atoms with Crippen LogP contribution >= 0.6 is 0 Å². The first kappa shape index (κ1) is 11.5. The van der Waals surface area contributed by atoms with Gasteiger partial charge in [0.25, 0.3) is 0 Å². The lowest BCUT2D eigenvalue weighted by Gasteiger charge is -2.29. The van der Waals surface area contributed by atoms with Gasteiger partial charge in [-0.3, -0.25) is 4.79 Å². The number of hydrogen-bond acceptors (Lipinski definition) is 2. The molecular weight excluding hydrogens is 176 g/mol. The Kier molecular flexibility index (Phi) is 4.39. The minimum absolute atomic E-state index is 0.226. The van der Waals surface area contributed by atoms with Gasteiger partial charge >= 0.3 is 0 Å². The molecule has 14 heavy (non-hydrogen) atoms. The molecule has 0 spiro atoms. The predicted octanol–water partition coefficient (Wildman–Crippen LogP) is 1.24. The Morgan fingerprint density at radius 1 is 1.57 bits per heavy atom. The molecule has 0 aliphatic carbocycles. The van der Waals surface area contributed by atoms with Crippen molar-refractivity contribution in [2.45, 2.75) is 39.7 Å². The molecule has 1 aliphatic heterocycles. The number of nitrogens with one attached hydrogen (secondary N) is 1. The number of amides is 1. The molecule has 0 aromatic heterocycles. The van der Waals surface area contributed by atoms with Crippen molar-refractivity contribution < 1.29 is 4.79 Å². The molecule has 0 saturated carbocycles. The van der Waals surface area contributed by atoms with Crippen LogP contribution in [0.2, 0.25) is 0 Å². The van der Waals surface area contributed by atoms with E-state index < -0.39 is 0 Å². The van der Waals surface area contributed by atoms with Gasteiger partial charge < -0.3 is 10.2 Å². The average molecular weight is 198 g/mol. The third-order valence-electron chi connectivity index (χ3n) is 3.16. The molecule has 2 unspecified atom stereocenters. The first-order chi connectivity index (χ1) is 6.70. The minimum atomic E-state index is 0.226. The van der Waals surface area contributed by atoms with Crippen molar-refractivity contribution in [3.8, 4) is 0 Å². The zero-order valence-corrected chi connectivity index (χ0v) is 9.55. The Morgan fingerprint density at radius 2 is 2.29 bits per heavy atom. The fraction of sp³-hybridized carbons (Fsp3) is 0.909. The minimum Gasteiger partial charge on any atom is -0.340 e. The van der Waals surface area contributed by atoms with E-state index in [2.05, 4.69) is 26.1 Å². The van der Waals surface area contributed by atoms with E-state index in [0.717, 1.165) is 32.5 Å². The van der Waals surface area contributed by atoms with Crippen molar-refractivity contribution in [1.82, 2.24) is 10.2 Å². The quantitative estimate of drug-likeness (QED) is 0.737. The van der Waals surface area contributed by atoms with Gasteiger partial charge in [-0.25, -0.2) is 0 Å². The first-order valence-electron chi connectivity index (χ1n) is 5.71. The van der Waals surface area contributed by atoms with Crippen molar-refractivity contribution in [1.29, 1.82) is 0 Å². The largest absolute Gasteiger partial charge is 0.340 e. The van der Waals surface area contributed by atoms with Crippen LogP contribution in [0.1, 0.15) is 33.6 Å². The smallest absolute Gasteiger partial charge is 0.227 e. The van der Waals surface area contributed by atoms with Crippen LogP contribution in [0.4, 0.5) is 0 Å². The van der Waals surface area contributed by atoms with E-state index in [1.165, 1.54) is 0 Å². The van der Waals surface area contributed by atoms with Crippen LogP contribution in [0.3, 0.4) is 0 Å². The standard InChI is InChI=1S/C11H22N2O/c1-4-9(3)13(5-2)11(14)10-6-7-12-8-10/h9-10,12H,4-8H2,1-3H3.